The lowest BCUT2D eigenvalue weighted by atomic mass is 10.1. The molecule has 1 rings (SSSR count). The molecule has 0 saturated heterocycles. The van der Waals surface area contributed by atoms with Gasteiger partial charge in [0.15, 0.2) is 0 Å². The molecule has 3 heteroatoms. The normalized spacial score (nSPS) is 11.4. The first-order valence-electron chi connectivity index (χ1n) is 5.42. The molecule has 1 aromatic carbocycles. The molecular weight excluding hydrogens is 218 g/mol. The molecule has 0 aromatic heterocycles. The van der Waals surface area contributed by atoms with Crippen LogP contribution >= 0.6 is 11.8 Å². The molecule has 0 atom stereocenters. The van der Waals surface area contributed by atoms with Crippen LogP contribution < -0.4 is 5.73 Å². The van der Waals surface area contributed by atoms with Crippen molar-refractivity contribution >= 4 is 17.7 Å². The smallest absolute Gasteiger partial charge is 0.248 e. The Morgan fingerprint density at radius 3 is 2.50 bits per heavy atom. The van der Waals surface area contributed by atoms with Gasteiger partial charge in [0, 0.05) is 10.3 Å². The van der Waals surface area contributed by atoms with Gasteiger partial charge in [0.2, 0.25) is 5.91 Å². The van der Waals surface area contributed by atoms with Crippen LogP contribution in [0.25, 0.3) is 0 Å². The molecule has 0 heterocycles. The summed E-state index contributed by atoms with van der Waals surface area (Å²) in [4.78, 5) is 11.2. The van der Waals surface area contributed by atoms with Gasteiger partial charge in [0.05, 0.1) is 0 Å². The van der Waals surface area contributed by atoms with Gasteiger partial charge in [-0.25, -0.2) is 0 Å². The number of rotatable bonds is 4. The number of benzene rings is 1. The predicted molar refractivity (Wildman–Crippen MR) is 70.9 cm³/mol. The van der Waals surface area contributed by atoms with Gasteiger partial charge in [-0.3, -0.25) is 4.79 Å². The Balaban J connectivity index is 2.64. The zero-order valence-corrected chi connectivity index (χ0v) is 10.9. The van der Waals surface area contributed by atoms with Crippen LogP contribution in [-0.4, -0.2) is 16.4 Å². The Bertz CT molecular complexity index is 368. The van der Waals surface area contributed by atoms with Gasteiger partial charge >= 0.3 is 0 Å². The van der Waals surface area contributed by atoms with Gasteiger partial charge in [0.1, 0.15) is 0 Å². The fourth-order valence-electron chi connectivity index (χ4n) is 1.45. The van der Waals surface area contributed by atoms with E-state index in [1.165, 1.54) is 0 Å². The van der Waals surface area contributed by atoms with Gasteiger partial charge in [-0.1, -0.05) is 39.0 Å². The molecule has 0 aliphatic carbocycles. The summed E-state index contributed by atoms with van der Waals surface area (Å²) in [5.41, 5.74) is 7.02. The van der Waals surface area contributed by atoms with Crippen LogP contribution in [0, 0.1) is 0 Å². The summed E-state index contributed by atoms with van der Waals surface area (Å²) in [6.07, 6.45) is 0.890. The molecule has 88 valence electrons. The molecule has 16 heavy (non-hydrogen) atoms. The Hall–Kier alpha value is -0.960. The number of primary amides is 1. The molecule has 0 unspecified atom stereocenters. The quantitative estimate of drug-likeness (QED) is 0.875. The maximum Gasteiger partial charge on any atom is 0.248 e. The molecule has 0 radical (unpaired) electrons. The Kier molecular flexibility index (Phi) is 4.42. The number of amides is 1. The Morgan fingerprint density at radius 2 is 1.94 bits per heavy atom. The van der Waals surface area contributed by atoms with Gasteiger partial charge in [-0.2, -0.15) is 11.8 Å². The minimum absolute atomic E-state index is 0.266. The van der Waals surface area contributed by atoms with Crippen LogP contribution in [-0.2, 0) is 6.42 Å². The summed E-state index contributed by atoms with van der Waals surface area (Å²) >= 11 is 1.90. The van der Waals surface area contributed by atoms with Crippen molar-refractivity contribution in [2.24, 2.45) is 5.73 Å². The van der Waals surface area contributed by atoms with E-state index in [1.807, 2.05) is 30.0 Å². The van der Waals surface area contributed by atoms with Crippen molar-refractivity contribution in [1.29, 1.82) is 0 Å². The van der Waals surface area contributed by atoms with Crippen molar-refractivity contribution in [3.63, 3.8) is 0 Å². The summed E-state index contributed by atoms with van der Waals surface area (Å²) in [6, 6.07) is 7.56. The molecule has 2 nitrogen and oxygen atoms in total. The fraction of sp³-hybridized carbons (Fsp3) is 0.462. The van der Waals surface area contributed by atoms with Crippen molar-refractivity contribution in [1.82, 2.24) is 0 Å². The van der Waals surface area contributed by atoms with Crippen molar-refractivity contribution in [3.05, 3.63) is 35.4 Å². The van der Waals surface area contributed by atoms with E-state index >= 15 is 0 Å². The van der Waals surface area contributed by atoms with Crippen LogP contribution in [0.3, 0.4) is 0 Å². The second kappa shape index (κ2) is 5.39. The number of carbonyl (C=O) groups excluding carboxylic acids is 1. The van der Waals surface area contributed by atoms with E-state index in [2.05, 4.69) is 20.8 Å². The average Bonchev–Trinajstić information content (AvgIpc) is 2.16. The van der Waals surface area contributed by atoms with E-state index in [-0.39, 0.29) is 10.7 Å². The number of thioether (sulfide) groups is 1. The van der Waals surface area contributed by atoms with Crippen LogP contribution in [0.2, 0.25) is 0 Å². The third kappa shape index (κ3) is 4.27. The largest absolute Gasteiger partial charge is 0.366 e. The predicted octanol–water partition coefficient (Wildman–Crippen LogP) is 2.86. The summed E-state index contributed by atoms with van der Waals surface area (Å²) in [5.74, 6) is 0.671. The highest BCUT2D eigenvalue weighted by Gasteiger charge is 2.11. The zero-order valence-electron chi connectivity index (χ0n) is 10.1. The number of aryl methyl sites for hydroxylation is 1. The number of hydrogen-bond acceptors (Lipinski definition) is 2. The van der Waals surface area contributed by atoms with Gasteiger partial charge < -0.3 is 5.73 Å². The van der Waals surface area contributed by atoms with Crippen LogP contribution in [0.5, 0.6) is 0 Å². The van der Waals surface area contributed by atoms with E-state index in [0.29, 0.717) is 5.56 Å². The Morgan fingerprint density at radius 1 is 1.31 bits per heavy atom. The lowest BCUT2D eigenvalue weighted by molar-refractivity contribution is 0.0999. The van der Waals surface area contributed by atoms with Gasteiger partial charge in [-0.15, -0.1) is 0 Å². The van der Waals surface area contributed by atoms with Gasteiger partial charge in [0.25, 0.3) is 0 Å². The summed E-state index contributed by atoms with van der Waals surface area (Å²) < 4.78 is 0.266. The fourth-order valence-corrected chi connectivity index (χ4v) is 2.38. The lowest BCUT2D eigenvalue weighted by Crippen LogP contribution is -2.15. The van der Waals surface area contributed by atoms with E-state index in [4.69, 9.17) is 5.73 Å². The van der Waals surface area contributed by atoms with Crippen molar-refractivity contribution in [3.8, 4) is 0 Å². The summed E-state index contributed by atoms with van der Waals surface area (Å²) in [6.45, 7) is 6.58. The highest BCUT2D eigenvalue weighted by molar-refractivity contribution is 8.00. The third-order valence-electron chi connectivity index (χ3n) is 2.19. The highest BCUT2D eigenvalue weighted by Crippen LogP contribution is 2.24. The monoisotopic (exact) mass is 237 g/mol. The van der Waals surface area contributed by atoms with Crippen LogP contribution in [0.15, 0.2) is 24.3 Å². The van der Waals surface area contributed by atoms with Crippen LogP contribution in [0.1, 0.15) is 36.7 Å². The topological polar surface area (TPSA) is 43.1 Å². The van der Waals surface area contributed by atoms with Gasteiger partial charge in [-0.05, 0) is 23.8 Å². The maximum atomic E-state index is 11.2. The van der Waals surface area contributed by atoms with E-state index in [1.54, 1.807) is 6.07 Å². The molecule has 0 fully saturated rings. The Labute approximate surface area is 102 Å². The van der Waals surface area contributed by atoms with E-state index < -0.39 is 0 Å². The molecule has 0 aliphatic rings. The first kappa shape index (κ1) is 13.1. The first-order valence-corrected chi connectivity index (χ1v) is 6.40. The SMILES string of the molecule is CC(C)(C)SCCc1ccccc1C(N)=O. The zero-order chi connectivity index (χ0) is 12.2. The third-order valence-corrected chi connectivity index (χ3v) is 3.46. The minimum atomic E-state index is -0.337. The molecule has 0 spiro atoms. The first-order chi connectivity index (χ1) is 7.40. The minimum Gasteiger partial charge on any atom is -0.366 e. The second-order valence-corrected chi connectivity index (χ2v) is 6.65. The van der Waals surface area contributed by atoms with Crippen molar-refractivity contribution in [2.75, 3.05) is 5.75 Å². The second-order valence-electron chi connectivity index (χ2n) is 4.73. The molecule has 0 bridgehead atoms. The molecular formula is C13H19NOS. The lowest BCUT2D eigenvalue weighted by Gasteiger charge is -2.17. The summed E-state index contributed by atoms with van der Waals surface area (Å²) in [5, 5.41) is 0. The molecule has 0 aliphatic heterocycles. The number of hydrogen-bond donors (Lipinski definition) is 1. The standard InChI is InChI=1S/C13H19NOS/c1-13(2,3)16-9-8-10-6-4-5-7-11(10)12(14)15/h4-7H,8-9H2,1-3H3,(H2,14,15). The number of nitrogens with two attached hydrogens (primary N) is 1. The van der Waals surface area contributed by atoms with Crippen molar-refractivity contribution < 1.29 is 4.79 Å². The molecule has 1 amide bonds. The molecule has 2 N–H and O–H groups in total. The number of carbonyl (C=O) groups is 1. The molecule has 1 aromatic rings. The van der Waals surface area contributed by atoms with E-state index in [0.717, 1.165) is 17.7 Å². The molecule has 0 saturated carbocycles. The van der Waals surface area contributed by atoms with Crippen LogP contribution in [0.4, 0.5) is 0 Å². The summed E-state index contributed by atoms with van der Waals surface area (Å²) in [7, 11) is 0. The van der Waals surface area contributed by atoms with E-state index in [9.17, 15) is 4.79 Å². The maximum absolute atomic E-state index is 11.2. The average molecular weight is 237 g/mol. The van der Waals surface area contributed by atoms with Crippen molar-refractivity contribution in [2.45, 2.75) is 31.9 Å². The highest BCUT2D eigenvalue weighted by atomic mass is 32.2.